The summed E-state index contributed by atoms with van der Waals surface area (Å²) in [7, 11) is 1.79. The van der Waals surface area contributed by atoms with E-state index in [0.717, 1.165) is 6.67 Å². The summed E-state index contributed by atoms with van der Waals surface area (Å²) in [5, 5.41) is 0. The minimum absolute atomic E-state index is 0.305. The summed E-state index contributed by atoms with van der Waals surface area (Å²) in [5.74, 6) is 0.620. The first-order valence-electron chi connectivity index (χ1n) is 6.43. The first kappa shape index (κ1) is 15.5. The van der Waals surface area contributed by atoms with Crippen molar-refractivity contribution in [2.75, 3.05) is 20.3 Å². The molecule has 0 bridgehead atoms. The van der Waals surface area contributed by atoms with Crippen LogP contribution < -0.4 is 4.52 Å². The molecule has 0 N–H and O–H groups in total. The first-order chi connectivity index (χ1) is 9.26. The molecule has 0 spiro atoms. The molecule has 0 unspecified atom stereocenters. The molecule has 1 heterocycles. The molecule has 0 saturated heterocycles. The van der Waals surface area contributed by atoms with Crippen LogP contribution in [0.15, 0.2) is 42.7 Å². The summed E-state index contributed by atoms with van der Waals surface area (Å²) in [4.78, 5) is 4.53. The monoisotopic (exact) mass is 280 g/mol. The van der Waals surface area contributed by atoms with E-state index < -0.39 is 0 Å². The molecule has 0 atom stereocenters. The van der Waals surface area contributed by atoms with Gasteiger partial charge in [-0.3, -0.25) is 0 Å². The molecule has 104 valence electrons. The molecule has 0 saturated carbocycles. The lowest BCUT2D eigenvalue weighted by molar-refractivity contribution is 0.293. The van der Waals surface area contributed by atoms with Crippen molar-refractivity contribution in [1.82, 2.24) is 9.80 Å². The van der Waals surface area contributed by atoms with Crippen LogP contribution in [0.3, 0.4) is 0 Å². The van der Waals surface area contributed by atoms with Crippen LogP contribution in [-0.4, -0.2) is 30.1 Å². The van der Waals surface area contributed by atoms with Gasteiger partial charge in [0.2, 0.25) is 0 Å². The van der Waals surface area contributed by atoms with Gasteiger partial charge in [0, 0.05) is 26.0 Å². The Morgan fingerprint density at radius 2 is 2.00 bits per heavy atom. The summed E-state index contributed by atoms with van der Waals surface area (Å²) in [6, 6.07) is 8.99. The number of rotatable bonds is 5. The fourth-order valence-electron chi connectivity index (χ4n) is 1.62. The van der Waals surface area contributed by atoms with Gasteiger partial charge in [0.15, 0.2) is 0 Å². The topological polar surface area (TPSA) is 32.8 Å². The molecule has 5 heteroatoms. The van der Waals surface area contributed by atoms with E-state index in [1.54, 1.807) is 12.1 Å². The van der Waals surface area contributed by atoms with E-state index in [1.807, 2.05) is 18.2 Å². The Kier molecular flexibility index (Phi) is 7.68. The average Bonchev–Trinajstić information content (AvgIpc) is 2.85. The van der Waals surface area contributed by atoms with Gasteiger partial charge in [-0.05, 0) is 18.6 Å². The minimum atomic E-state index is -0.305. The van der Waals surface area contributed by atoms with Gasteiger partial charge in [-0.25, -0.2) is 4.57 Å². The average molecular weight is 280 g/mol. The Morgan fingerprint density at radius 1 is 1.26 bits per heavy atom. The van der Waals surface area contributed by atoms with E-state index in [4.69, 9.17) is 0 Å². The number of unbranched alkanes of at least 4 members (excludes halogenated alkanes) is 1. The van der Waals surface area contributed by atoms with Crippen molar-refractivity contribution in [3.63, 3.8) is 0 Å². The predicted octanol–water partition coefficient (Wildman–Crippen LogP) is 3.73. The molecule has 1 aromatic carbocycles. The fraction of sp³-hybridized carbons (Fsp3) is 0.429. The summed E-state index contributed by atoms with van der Waals surface area (Å²) in [5.41, 5.74) is 0. The molecule has 1 aliphatic rings. The van der Waals surface area contributed by atoms with Crippen LogP contribution in [0.1, 0.15) is 19.8 Å². The second-order valence-corrected chi connectivity index (χ2v) is 4.67. The predicted molar refractivity (Wildman–Crippen MR) is 78.1 cm³/mol. The summed E-state index contributed by atoms with van der Waals surface area (Å²) < 4.78 is 14.5. The number of nitrogens with zero attached hydrogens (tertiary/aromatic N) is 2. The van der Waals surface area contributed by atoms with Crippen molar-refractivity contribution in [2.24, 2.45) is 0 Å². The highest BCUT2D eigenvalue weighted by Crippen LogP contribution is 2.12. The van der Waals surface area contributed by atoms with Crippen LogP contribution in [0.25, 0.3) is 0 Å². The molecular weight excluding hydrogens is 259 g/mol. The molecule has 1 aliphatic heterocycles. The molecule has 0 fully saturated rings. The fourth-order valence-corrected chi connectivity index (χ4v) is 1.83. The van der Waals surface area contributed by atoms with E-state index in [9.17, 15) is 4.57 Å². The van der Waals surface area contributed by atoms with Gasteiger partial charge in [0.05, 0.1) is 6.67 Å². The highest BCUT2D eigenvalue weighted by atomic mass is 31.1. The molecule has 0 amide bonds. The second-order valence-electron chi connectivity index (χ2n) is 4.34. The van der Waals surface area contributed by atoms with E-state index in [0.29, 0.717) is 5.75 Å². The molecule has 0 radical (unpaired) electrons. The highest BCUT2D eigenvalue weighted by molar-refractivity contribution is 7.17. The Labute approximate surface area is 117 Å². The van der Waals surface area contributed by atoms with E-state index in [-0.39, 0.29) is 8.69 Å². The molecule has 4 nitrogen and oxygen atoms in total. The largest absolute Gasteiger partial charge is 0.408 e. The van der Waals surface area contributed by atoms with Crippen molar-refractivity contribution in [2.45, 2.75) is 19.8 Å². The Bertz CT molecular complexity index is 384. The SMILES string of the molecule is CCCCN1C=CN(C)C1.O=POc1ccccc1. The lowest BCUT2D eigenvalue weighted by Crippen LogP contribution is -2.23. The summed E-state index contributed by atoms with van der Waals surface area (Å²) >= 11 is 0. The first-order valence-corrected chi connectivity index (χ1v) is 7.16. The Balaban J connectivity index is 0.000000191. The van der Waals surface area contributed by atoms with Gasteiger partial charge in [-0.1, -0.05) is 31.5 Å². The van der Waals surface area contributed by atoms with Crippen LogP contribution in [-0.2, 0) is 4.57 Å². The molecule has 0 aliphatic carbocycles. The second kappa shape index (κ2) is 9.40. The number of benzene rings is 1. The van der Waals surface area contributed by atoms with Crippen molar-refractivity contribution >= 4 is 8.69 Å². The van der Waals surface area contributed by atoms with Gasteiger partial charge in [-0.2, -0.15) is 0 Å². The molecule has 1 aromatic rings. The maximum Gasteiger partial charge on any atom is 0.395 e. The van der Waals surface area contributed by atoms with E-state index in [2.05, 4.69) is 40.7 Å². The zero-order chi connectivity index (χ0) is 13.9. The quantitative estimate of drug-likeness (QED) is 0.769. The maximum absolute atomic E-state index is 9.85. The summed E-state index contributed by atoms with van der Waals surface area (Å²) in [6.07, 6.45) is 6.87. The standard InChI is InChI=1S/C8H16N2.C6H5O2P/c1-3-4-5-10-7-6-9(2)8-10;7-9-8-6-4-2-1-3-5-6/h6-7H,3-5,8H2,1-2H3;1-5H. The highest BCUT2D eigenvalue weighted by Gasteiger charge is 2.05. The molecule has 0 aromatic heterocycles. The van der Waals surface area contributed by atoms with E-state index in [1.165, 1.54) is 19.4 Å². The zero-order valence-electron chi connectivity index (χ0n) is 11.5. The number of hydrogen-bond donors (Lipinski definition) is 0. The normalized spacial score (nSPS) is 13.4. The summed E-state index contributed by atoms with van der Waals surface area (Å²) in [6.45, 7) is 4.50. The molecule has 19 heavy (non-hydrogen) atoms. The Hall–Kier alpha value is -1.54. The van der Waals surface area contributed by atoms with Gasteiger partial charge in [0.25, 0.3) is 0 Å². The third-order valence-corrected chi connectivity index (χ3v) is 2.91. The minimum Gasteiger partial charge on any atom is -0.408 e. The lowest BCUT2D eigenvalue weighted by atomic mass is 10.3. The van der Waals surface area contributed by atoms with Crippen molar-refractivity contribution in [3.8, 4) is 5.75 Å². The van der Waals surface area contributed by atoms with Crippen molar-refractivity contribution < 1.29 is 9.09 Å². The van der Waals surface area contributed by atoms with Crippen LogP contribution >= 0.6 is 8.69 Å². The lowest BCUT2D eigenvalue weighted by Gasteiger charge is -2.17. The van der Waals surface area contributed by atoms with Crippen LogP contribution in [0, 0.1) is 0 Å². The van der Waals surface area contributed by atoms with Crippen LogP contribution in [0.2, 0.25) is 0 Å². The van der Waals surface area contributed by atoms with E-state index >= 15 is 0 Å². The van der Waals surface area contributed by atoms with Gasteiger partial charge in [-0.15, -0.1) is 0 Å². The maximum atomic E-state index is 9.85. The third-order valence-electron chi connectivity index (χ3n) is 2.62. The van der Waals surface area contributed by atoms with Crippen molar-refractivity contribution in [3.05, 3.63) is 42.7 Å². The number of hydrogen-bond acceptors (Lipinski definition) is 4. The third kappa shape index (κ3) is 6.82. The van der Waals surface area contributed by atoms with Gasteiger partial charge >= 0.3 is 8.69 Å². The Morgan fingerprint density at radius 3 is 2.53 bits per heavy atom. The van der Waals surface area contributed by atoms with Crippen molar-refractivity contribution in [1.29, 1.82) is 0 Å². The van der Waals surface area contributed by atoms with Gasteiger partial charge < -0.3 is 14.3 Å². The molecule has 2 rings (SSSR count). The van der Waals surface area contributed by atoms with Gasteiger partial charge in [0.1, 0.15) is 5.75 Å². The van der Waals surface area contributed by atoms with Crippen LogP contribution in [0.5, 0.6) is 5.75 Å². The number of para-hydroxylation sites is 1. The molecular formula is C14H21N2O2P. The zero-order valence-corrected chi connectivity index (χ0v) is 12.4. The smallest absolute Gasteiger partial charge is 0.395 e. The van der Waals surface area contributed by atoms with Crippen LogP contribution in [0.4, 0.5) is 0 Å².